The van der Waals surface area contributed by atoms with Crippen LogP contribution in [-0.2, 0) is 16.3 Å². The average Bonchev–Trinajstić information content (AvgIpc) is 2.25. The first-order valence-electron chi connectivity index (χ1n) is 5.45. The summed E-state index contributed by atoms with van der Waals surface area (Å²) < 4.78 is 22.1. The minimum atomic E-state index is -2.93. The van der Waals surface area contributed by atoms with Gasteiger partial charge in [0.05, 0.1) is 5.75 Å². The van der Waals surface area contributed by atoms with E-state index >= 15 is 0 Å². The molecule has 0 heterocycles. The van der Waals surface area contributed by atoms with E-state index in [1.165, 1.54) is 11.8 Å². The van der Waals surface area contributed by atoms with Gasteiger partial charge in [0.25, 0.3) is 0 Å². The molecule has 0 spiro atoms. The standard InChI is InChI=1S/C12H19NO2S/c1-3-10-6-4-5-7-11(10)12(13)8-9-16(2,14)15/h4-7,12H,3,8-9,13H2,1-2H3. The summed E-state index contributed by atoms with van der Waals surface area (Å²) in [4.78, 5) is 0. The number of aryl methyl sites for hydroxylation is 1. The molecule has 2 N–H and O–H groups in total. The molecule has 4 heteroatoms. The van der Waals surface area contributed by atoms with Crippen LogP contribution >= 0.6 is 0 Å². The van der Waals surface area contributed by atoms with E-state index in [-0.39, 0.29) is 11.8 Å². The van der Waals surface area contributed by atoms with Gasteiger partial charge in [-0.25, -0.2) is 8.42 Å². The number of benzene rings is 1. The Balaban J connectivity index is 2.76. The Kier molecular flexibility index (Phi) is 4.50. The second-order valence-electron chi connectivity index (χ2n) is 4.08. The molecule has 1 aromatic carbocycles. The van der Waals surface area contributed by atoms with Crippen LogP contribution in [0.4, 0.5) is 0 Å². The lowest BCUT2D eigenvalue weighted by molar-refractivity contribution is 0.591. The van der Waals surface area contributed by atoms with Crippen LogP contribution in [0.2, 0.25) is 0 Å². The normalized spacial score (nSPS) is 13.7. The third kappa shape index (κ3) is 3.94. The Morgan fingerprint density at radius 1 is 1.31 bits per heavy atom. The van der Waals surface area contributed by atoms with Crippen LogP contribution in [0.15, 0.2) is 24.3 Å². The molecule has 0 aromatic heterocycles. The molecule has 0 fully saturated rings. The fourth-order valence-corrected chi connectivity index (χ4v) is 2.40. The summed E-state index contributed by atoms with van der Waals surface area (Å²) in [6, 6.07) is 7.74. The third-order valence-corrected chi connectivity index (χ3v) is 3.61. The molecule has 0 aliphatic carbocycles. The van der Waals surface area contributed by atoms with Crippen LogP contribution in [-0.4, -0.2) is 20.4 Å². The summed E-state index contributed by atoms with van der Waals surface area (Å²) in [6.45, 7) is 2.07. The number of nitrogens with two attached hydrogens (primary N) is 1. The lowest BCUT2D eigenvalue weighted by atomic mass is 9.98. The topological polar surface area (TPSA) is 60.2 Å². The van der Waals surface area contributed by atoms with Gasteiger partial charge in [0.1, 0.15) is 9.84 Å². The van der Waals surface area contributed by atoms with E-state index in [9.17, 15) is 8.42 Å². The molecule has 1 aromatic rings. The van der Waals surface area contributed by atoms with Gasteiger partial charge in [-0.15, -0.1) is 0 Å². The molecule has 0 bridgehead atoms. The fourth-order valence-electron chi connectivity index (χ4n) is 1.71. The average molecular weight is 241 g/mol. The Morgan fingerprint density at radius 3 is 2.50 bits per heavy atom. The lowest BCUT2D eigenvalue weighted by Gasteiger charge is -2.15. The monoisotopic (exact) mass is 241 g/mol. The molecule has 1 rings (SSSR count). The summed E-state index contributed by atoms with van der Waals surface area (Å²) in [5.74, 6) is 0.145. The van der Waals surface area contributed by atoms with E-state index in [2.05, 4.69) is 6.92 Å². The maximum absolute atomic E-state index is 11.1. The summed E-state index contributed by atoms with van der Waals surface area (Å²) in [5.41, 5.74) is 8.28. The van der Waals surface area contributed by atoms with Gasteiger partial charge in [0.15, 0.2) is 0 Å². The third-order valence-electron chi connectivity index (χ3n) is 2.64. The lowest BCUT2D eigenvalue weighted by Crippen LogP contribution is -2.17. The minimum absolute atomic E-state index is 0.145. The molecule has 1 atom stereocenters. The highest BCUT2D eigenvalue weighted by atomic mass is 32.2. The predicted molar refractivity (Wildman–Crippen MR) is 67.1 cm³/mol. The number of rotatable bonds is 5. The highest BCUT2D eigenvalue weighted by Gasteiger charge is 2.12. The molecule has 1 unspecified atom stereocenters. The van der Waals surface area contributed by atoms with Crippen molar-refractivity contribution < 1.29 is 8.42 Å². The van der Waals surface area contributed by atoms with E-state index in [4.69, 9.17) is 5.73 Å². The summed E-state index contributed by atoms with van der Waals surface area (Å²) in [5, 5.41) is 0. The maximum Gasteiger partial charge on any atom is 0.147 e. The Morgan fingerprint density at radius 2 is 1.94 bits per heavy atom. The molecular weight excluding hydrogens is 222 g/mol. The van der Waals surface area contributed by atoms with Crippen molar-refractivity contribution in [2.24, 2.45) is 5.73 Å². The maximum atomic E-state index is 11.1. The van der Waals surface area contributed by atoms with Gasteiger partial charge >= 0.3 is 0 Å². The first-order valence-corrected chi connectivity index (χ1v) is 7.51. The quantitative estimate of drug-likeness (QED) is 0.853. The molecule has 90 valence electrons. The molecule has 0 saturated carbocycles. The van der Waals surface area contributed by atoms with Crippen molar-refractivity contribution in [3.05, 3.63) is 35.4 Å². The van der Waals surface area contributed by atoms with Gasteiger partial charge in [0, 0.05) is 12.3 Å². The molecule has 16 heavy (non-hydrogen) atoms. The SMILES string of the molecule is CCc1ccccc1C(N)CCS(C)(=O)=O. The second kappa shape index (κ2) is 5.46. The zero-order valence-corrected chi connectivity index (χ0v) is 10.6. The van der Waals surface area contributed by atoms with Crippen molar-refractivity contribution in [2.45, 2.75) is 25.8 Å². The molecule has 0 saturated heterocycles. The molecule has 0 aliphatic heterocycles. The highest BCUT2D eigenvalue weighted by molar-refractivity contribution is 7.90. The Labute approximate surface area is 97.6 Å². The number of sulfone groups is 1. The first-order chi connectivity index (χ1) is 7.44. The van der Waals surface area contributed by atoms with Crippen molar-refractivity contribution in [3.8, 4) is 0 Å². The fraction of sp³-hybridized carbons (Fsp3) is 0.500. The first kappa shape index (κ1) is 13.2. The van der Waals surface area contributed by atoms with E-state index in [0.717, 1.165) is 12.0 Å². The van der Waals surface area contributed by atoms with Crippen LogP contribution in [0.5, 0.6) is 0 Å². The van der Waals surface area contributed by atoms with E-state index in [1.807, 2.05) is 24.3 Å². The van der Waals surface area contributed by atoms with Crippen molar-refractivity contribution in [1.82, 2.24) is 0 Å². The van der Waals surface area contributed by atoms with Crippen LogP contribution in [0, 0.1) is 0 Å². The van der Waals surface area contributed by atoms with Gasteiger partial charge in [-0.3, -0.25) is 0 Å². The van der Waals surface area contributed by atoms with Gasteiger partial charge in [-0.05, 0) is 24.0 Å². The van der Waals surface area contributed by atoms with Gasteiger partial charge in [-0.2, -0.15) is 0 Å². The summed E-state index contributed by atoms with van der Waals surface area (Å²) >= 11 is 0. The summed E-state index contributed by atoms with van der Waals surface area (Å²) in [7, 11) is -2.93. The molecule has 0 amide bonds. The number of hydrogen-bond donors (Lipinski definition) is 1. The molecular formula is C12H19NO2S. The smallest absolute Gasteiger partial charge is 0.147 e. The molecule has 0 radical (unpaired) electrons. The van der Waals surface area contributed by atoms with E-state index in [1.54, 1.807) is 0 Å². The zero-order valence-electron chi connectivity index (χ0n) is 9.81. The Bertz CT molecular complexity index is 440. The van der Waals surface area contributed by atoms with Crippen LogP contribution in [0.25, 0.3) is 0 Å². The van der Waals surface area contributed by atoms with Gasteiger partial charge < -0.3 is 5.73 Å². The predicted octanol–water partition coefficient (Wildman–Crippen LogP) is 1.68. The van der Waals surface area contributed by atoms with E-state index in [0.29, 0.717) is 6.42 Å². The van der Waals surface area contributed by atoms with Gasteiger partial charge in [-0.1, -0.05) is 31.2 Å². The molecule has 3 nitrogen and oxygen atoms in total. The van der Waals surface area contributed by atoms with Crippen molar-refractivity contribution in [3.63, 3.8) is 0 Å². The van der Waals surface area contributed by atoms with Crippen LogP contribution in [0.3, 0.4) is 0 Å². The van der Waals surface area contributed by atoms with E-state index < -0.39 is 9.84 Å². The number of hydrogen-bond acceptors (Lipinski definition) is 3. The second-order valence-corrected chi connectivity index (χ2v) is 6.34. The summed E-state index contributed by atoms with van der Waals surface area (Å²) in [6.07, 6.45) is 2.64. The Hall–Kier alpha value is -0.870. The zero-order chi connectivity index (χ0) is 12.2. The molecule has 0 aliphatic rings. The van der Waals surface area contributed by atoms with Crippen molar-refractivity contribution in [1.29, 1.82) is 0 Å². The largest absolute Gasteiger partial charge is 0.324 e. The van der Waals surface area contributed by atoms with Crippen molar-refractivity contribution >= 4 is 9.84 Å². The van der Waals surface area contributed by atoms with Crippen LogP contribution < -0.4 is 5.73 Å². The van der Waals surface area contributed by atoms with Crippen molar-refractivity contribution in [2.75, 3.05) is 12.0 Å². The van der Waals surface area contributed by atoms with Gasteiger partial charge in [0.2, 0.25) is 0 Å². The highest BCUT2D eigenvalue weighted by Crippen LogP contribution is 2.19. The van der Waals surface area contributed by atoms with Crippen LogP contribution in [0.1, 0.15) is 30.5 Å². The minimum Gasteiger partial charge on any atom is -0.324 e.